The van der Waals surface area contributed by atoms with Crippen LogP contribution in [0.1, 0.15) is 25.5 Å². The first kappa shape index (κ1) is 14.9. The van der Waals surface area contributed by atoms with Crippen LogP contribution in [0.2, 0.25) is 0 Å². The number of Topliss-reactive ketones (excluding diaryl/α,β-unsaturated/α-hetero) is 1. The Morgan fingerprint density at radius 1 is 1.19 bits per heavy atom. The number of methoxy groups -OCH3 is 1. The van der Waals surface area contributed by atoms with Crippen LogP contribution in [-0.2, 0) is 9.53 Å². The van der Waals surface area contributed by atoms with Crippen LogP contribution in [0.15, 0.2) is 35.7 Å². The van der Waals surface area contributed by atoms with Gasteiger partial charge in [-0.2, -0.15) is 0 Å². The first-order valence-electron chi connectivity index (χ1n) is 6.66. The summed E-state index contributed by atoms with van der Waals surface area (Å²) in [6.45, 7) is 3.79. The van der Waals surface area contributed by atoms with Crippen LogP contribution in [0.4, 0.5) is 4.79 Å². The molecule has 1 aliphatic heterocycles. The zero-order valence-corrected chi connectivity index (χ0v) is 12.2. The highest BCUT2D eigenvalue weighted by Gasteiger charge is 2.30. The van der Waals surface area contributed by atoms with Gasteiger partial charge >= 0.3 is 6.03 Å². The van der Waals surface area contributed by atoms with E-state index in [1.54, 1.807) is 45.2 Å². The maximum absolute atomic E-state index is 12.5. The van der Waals surface area contributed by atoms with Crippen LogP contribution in [0, 0.1) is 0 Å². The Morgan fingerprint density at radius 3 is 2.43 bits per heavy atom. The molecule has 112 valence electrons. The van der Waals surface area contributed by atoms with E-state index in [9.17, 15) is 9.59 Å². The van der Waals surface area contributed by atoms with Crippen molar-refractivity contribution in [2.75, 3.05) is 13.7 Å². The third-order valence-electron chi connectivity index (χ3n) is 3.21. The summed E-state index contributed by atoms with van der Waals surface area (Å²) in [4.78, 5) is 24.4. The Bertz CT molecular complexity index is 578. The van der Waals surface area contributed by atoms with Gasteiger partial charge in [0.25, 0.3) is 0 Å². The zero-order valence-electron chi connectivity index (χ0n) is 12.2. The lowest BCUT2D eigenvalue weighted by atomic mass is 9.98. The molecule has 0 spiro atoms. The van der Waals surface area contributed by atoms with Gasteiger partial charge in [0, 0.05) is 0 Å². The van der Waals surface area contributed by atoms with Crippen molar-refractivity contribution in [3.63, 3.8) is 0 Å². The van der Waals surface area contributed by atoms with Crippen LogP contribution < -0.4 is 15.4 Å². The molecule has 0 unspecified atom stereocenters. The summed E-state index contributed by atoms with van der Waals surface area (Å²) in [6, 6.07) is 5.78. The fraction of sp³-hybridized carbons (Fsp3) is 0.333. The standard InChI is InChI=1S/C15H18N2O4/c1-4-21-14-9(2)13(18)12(16-15(19)17-14)10-5-7-11(20-3)8-6-10/h5-8,12H,4H2,1-3H3,(H2,16,17,19)/t12-/m0/s1. The normalized spacial score (nSPS) is 18.7. The fourth-order valence-corrected chi connectivity index (χ4v) is 2.08. The van der Waals surface area contributed by atoms with Crippen molar-refractivity contribution >= 4 is 11.8 Å². The lowest BCUT2D eigenvalue weighted by molar-refractivity contribution is -0.117. The number of amides is 2. The molecule has 0 saturated carbocycles. The number of ether oxygens (including phenoxy) is 2. The fourth-order valence-electron chi connectivity index (χ4n) is 2.08. The second kappa shape index (κ2) is 6.30. The van der Waals surface area contributed by atoms with Gasteiger partial charge in [-0.1, -0.05) is 12.1 Å². The van der Waals surface area contributed by atoms with Gasteiger partial charge in [-0.05, 0) is 31.5 Å². The summed E-state index contributed by atoms with van der Waals surface area (Å²) in [5.74, 6) is 0.685. The number of ketones is 1. The third kappa shape index (κ3) is 3.16. The lowest BCUT2D eigenvalue weighted by Gasteiger charge is -2.15. The van der Waals surface area contributed by atoms with Gasteiger partial charge in [-0.15, -0.1) is 0 Å². The van der Waals surface area contributed by atoms with E-state index >= 15 is 0 Å². The topological polar surface area (TPSA) is 76.7 Å². The Balaban J connectivity index is 2.34. The predicted molar refractivity (Wildman–Crippen MR) is 76.7 cm³/mol. The summed E-state index contributed by atoms with van der Waals surface area (Å²) in [5, 5.41) is 5.18. The molecule has 1 heterocycles. The quantitative estimate of drug-likeness (QED) is 0.887. The number of benzene rings is 1. The van der Waals surface area contributed by atoms with Crippen LogP contribution in [-0.4, -0.2) is 25.5 Å². The third-order valence-corrected chi connectivity index (χ3v) is 3.21. The van der Waals surface area contributed by atoms with E-state index < -0.39 is 12.1 Å². The molecule has 0 fully saturated rings. The van der Waals surface area contributed by atoms with E-state index in [4.69, 9.17) is 9.47 Å². The molecule has 0 aliphatic carbocycles. The summed E-state index contributed by atoms with van der Waals surface area (Å²) < 4.78 is 10.4. The van der Waals surface area contributed by atoms with Gasteiger partial charge in [-0.25, -0.2) is 4.79 Å². The van der Waals surface area contributed by atoms with Gasteiger partial charge in [0.2, 0.25) is 5.88 Å². The molecule has 21 heavy (non-hydrogen) atoms. The van der Waals surface area contributed by atoms with Crippen molar-refractivity contribution < 1.29 is 19.1 Å². The van der Waals surface area contributed by atoms with Gasteiger partial charge in [-0.3, -0.25) is 10.1 Å². The second-order valence-corrected chi connectivity index (χ2v) is 4.56. The minimum atomic E-state index is -0.742. The van der Waals surface area contributed by atoms with Crippen molar-refractivity contribution in [2.45, 2.75) is 19.9 Å². The molecule has 2 N–H and O–H groups in total. The summed E-state index contributed by atoms with van der Waals surface area (Å²) in [7, 11) is 1.57. The van der Waals surface area contributed by atoms with Crippen molar-refractivity contribution in [2.24, 2.45) is 0 Å². The number of nitrogens with one attached hydrogen (secondary N) is 2. The molecule has 1 aliphatic rings. The van der Waals surface area contributed by atoms with Crippen LogP contribution >= 0.6 is 0 Å². The maximum Gasteiger partial charge on any atom is 0.322 e. The lowest BCUT2D eigenvalue weighted by Crippen LogP contribution is -2.37. The minimum Gasteiger partial charge on any atom is -0.497 e. The first-order chi connectivity index (χ1) is 10.1. The van der Waals surface area contributed by atoms with Gasteiger partial charge in [0.1, 0.15) is 11.8 Å². The molecule has 2 rings (SSSR count). The average molecular weight is 290 g/mol. The Morgan fingerprint density at radius 2 is 1.86 bits per heavy atom. The molecule has 6 nitrogen and oxygen atoms in total. The Labute approximate surface area is 123 Å². The number of hydrogen-bond acceptors (Lipinski definition) is 4. The summed E-state index contributed by atoms with van der Waals surface area (Å²) in [5.41, 5.74) is 1.07. The molecule has 0 bridgehead atoms. The molecular formula is C15H18N2O4. The van der Waals surface area contributed by atoms with Gasteiger partial charge < -0.3 is 14.8 Å². The SMILES string of the molecule is CCOC1=C(C)C(=O)[C@H](c2ccc(OC)cc2)NC(=O)N1. The van der Waals surface area contributed by atoms with E-state index in [2.05, 4.69) is 10.6 Å². The molecule has 0 saturated heterocycles. The number of urea groups is 1. The molecule has 0 aromatic heterocycles. The number of rotatable bonds is 4. The molecule has 2 amide bonds. The molecule has 1 aromatic rings. The molecule has 1 atom stereocenters. The number of hydrogen-bond donors (Lipinski definition) is 2. The summed E-state index contributed by atoms with van der Waals surface area (Å²) in [6.07, 6.45) is 0. The highest BCUT2D eigenvalue weighted by atomic mass is 16.5. The van der Waals surface area contributed by atoms with E-state index in [0.29, 0.717) is 23.5 Å². The van der Waals surface area contributed by atoms with Gasteiger partial charge in [0.15, 0.2) is 5.78 Å². The van der Waals surface area contributed by atoms with E-state index in [-0.39, 0.29) is 11.7 Å². The Kier molecular flexibility index (Phi) is 4.47. The molecule has 6 heteroatoms. The number of carbonyl (C=O) groups excluding carboxylic acids is 2. The highest BCUT2D eigenvalue weighted by molar-refractivity contribution is 6.03. The van der Waals surface area contributed by atoms with Crippen LogP contribution in [0.3, 0.4) is 0 Å². The van der Waals surface area contributed by atoms with Crippen molar-refractivity contribution in [1.29, 1.82) is 0 Å². The number of carbonyl (C=O) groups is 2. The highest BCUT2D eigenvalue weighted by Crippen LogP contribution is 2.23. The largest absolute Gasteiger partial charge is 0.497 e. The molecule has 0 radical (unpaired) electrons. The minimum absolute atomic E-state index is 0.205. The van der Waals surface area contributed by atoms with Crippen molar-refractivity contribution in [3.05, 3.63) is 41.3 Å². The second-order valence-electron chi connectivity index (χ2n) is 4.56. The monoisotopic (exact) mass is 290 g/mol. The van der Waals surface area contributed by atoms with E-state index in [1.807, 2.05) is 0 Å². The molecule has 1 aromatic carbocycles. The van der Waals surface area contributed by atoms with E-state index in [1.165, 1.54) is 0 Å². The van der Waals surface area contributed by atoms with Gasteiger partial charge in [0.05, 0.1) is 19.3 Å². The average Bonchev–Trinajstić information content (AvgIpc) is 2.60. The first-order valence-corrected chi connectivity index (χ1v) is 6.66. The smallest absolute Gasteiger partial charge is 0.322 e. The van der Waals surface area contributed by atoms with Crippen LogP contribution in [0.25, 0.3) is 0 Å². The maximum atomic E-state index is 12.5. The van der Waals surface area contributed by atoms with Crippen molar-refractivity contribution in [1.82, 2.24) is 10.6 Å². The zero-order chi connectivity index (χ0) is 15.4. The van der Waals surface area contributed by atoms with E-state index in [0.717, 1.165) is 0 Å². The van der Waals surface area contributed by atoms with Crippen molar-refractivity contribution in [3.8, 4) is 5.75 Å². The van der Waals surface area contributed by atoms with Crippen LogP contribution in [0.5, 0.6) is 5.75 Å². The summed E-state index contributed by atoms with van der Waals surface area (Å²) >= 11 is 0. The molecular weight excluding hydrogens is 272 g/mol. The predicted octanol–water partition coefficient (Wildman–Crippen LogP) is 1.89. The Hall–Kier alpha value is -2.50.